The van der Waals surface area contributed by atoms with Gasteiger partial charge in [-0.2, -0.15) is 0 Å². The Labute approximate surface area is 371 Å². The summed E-state index contributed by atoms with van der Waals surface area (Å²) in [6.45, 7) is 32.4. The molecule has 2 nitrogen and oxygen atoms in total. The molecule has 0 radical (unpaired) electrons. The van der Waals surface area contributed by atoms with Gasteiger partial charge in [0.15, 0.2) is 0 Å². The Morgan fingerprint density at radius 2 is 0.898 bits per heavy atom. The molecule has 2 unspecified atom stereocenters. The molecule has 2 heterocycles. The number of rotatable bonds is 6. The van der Waals surface area contributed by atoms with E-state index in [1.54, 1.807) is 46.2 Å². The van der Waals surface area contributed by atoms with Gasteiger partial charge in [-0.3, -0.25) is 0 Å². The van der Waals surface area contributed by atoms with Gasteiger partial charge in [0, 0.05) is 31.3 Å². The molecule has 0 bridgehead atoms. The van der Waals surface area contributed by atoms with Crippen LogP contribution in [0.3, 0.4) is 0 Å². The predicted molar refractivity (Wildman–Crippen MR) is 262 cm³/mol. The largest absolute Gasteiger partial charge is 0.218 e. The second kappa shape index (κ2) is 14.2. The monoisotopic (exact) mass is 878 g/mol. The number of hydrogen-bond acceptors (Lipinski definition) is 6. The number of benzene rings is 4. The highest BCUT2D eigenvalue weighted by molar-refractivity contribution is 8.01. The van der Waals surface area contributed by atoms with E-state index in [0.29, 0.717) is 21.6 Å². The van der Waals surface area contributed by atoms with Crippen LogP contribution in [0.4, 0.5) is 0 Å². The fraction of sp³-hybridized carbons (Fsp3) is 0.462. The average Bonchev–Trinajstić information content (AvgIpc) is 3.69. The Morgan fingerprint density at radius 3 is 1.24 bits per heavy atom. The highest BCUT2D eigenvalue weighted by Crippen LogP contribution is 2.56. The topological polar surface area (TPSA) is 34.1 Å². The third-order valence-corrected chi connectivity index (χ3v) is 21.2. The molecule has 8 rings (SSSR count). The Bertz CT molecular complexity index is 2650. The van der Waals surface area contributed by atoms with Crippen molar-refractivity contribution in [2.45, 2.75) is 150 Å². The van der Waals surface area contributed by atoms with E-state index in [-0.39, 0.29) is 21.7 Å². The number of thiophene rings is 2. The summed E-state index contributed by atoms with van der Waals surface area (Å²) in [6.07, 6.45) is 6.48. The van der Waals surface area contributed by atoms with Crippen molar-refractivity contribution in [2.75, 3.05) is 12.5 Å². The molecular weight excluding hydrogens is 817 g/mol. The molecule has 2 aromatic heterocycles. The van der Waals surface area contributed by atoms with Gasteiger partial charge in [-0.25, -0.2) is 8.42 Å². The van der Waals surface area contributed by atoms with E-state index < -0.39 is 9.84 Å². The summed E-state index contributed by atoms with van der Waals surface area (Å²) in [5.41, 5.74) is 14.5. The van der Waals surface area contributed by atoms with Gasteiger partial charge in [-0.1, -0.05) is 81.4 Å². The van der Waals surface area contributed by atoms with Crippen LogP contribution in [0.15, 0.2) is 66.7 Å². The first-order valence-corrected chi connectivity index (χ1v) is 26.7. The highest BCUT2D eigenvalue weighted by Gasteiger charge is 2.44. The van der Waals surface area contributed by atoms with E-state index in [4.69, 9.17) is 0 Å². The van der Waals surface area contributed by atoms with Crippen LogP contribution in [0.2, 0.25) is 0 Å². The normalized spacial score (nSPS) is 20.5. The zero-order chi connectivity index (χ0) is 43.1. The number of thioether (sulfide) groups is 2. The summed E-state index contributed by atoms with van der Waals surface area (Å²) >= 11 is 6.92. The molecule has 0 aliphatic heterocycles. The molecule has 6 aromatic rings. The molecule has 0 spiro atoms. The molecule has 0 amide bonds. The van der Waals surface area contributed by atoms with E-state index in [0.717, 1.165) is 74.8 Å². The van der Waals surface area contributed by atoms with E-state index in [1.807, 2.05) is 26.0 Å². The van der Waals surface area contributed by atoms with E-state index in [1.165, 1.54) is 33.4 Å². The summed E-state index contributed by atoms with van der Waals surface area (Å²) in [6, 6.07) is 18.0. The Kier molecular flexibility index (Phi) is 10.4. The fourth-order valence-corrected chi connectivity index (χ4v) is 17.0. The number of fused-ring (bicyclic) bond motifs is 4. The first-order chi connectivity index (χ1) is 27.4. The molecule has 2 aliphatic rings. The van der Waals surface area contributed by atoms with E-state index in [2.05, 4.69) is 132 Å². The van der Waals surface area contributed by atoms with Gasteiger partial charge in [-0.15, -0.1) is 46.2 Å². The van der Waals surface area contributed by atoms with Crippen LogP contribution >= 0.6 is 46.2 Å². The second-order valence-electron chi connectivity index (χ2n) is 20.6. The van der Waals surface area contributed by atoms with E-state index in [9.17, 15) is 0 Å². The van der Waals surface area contributed by atoms with Crippen LogP contribution in [0.25, 0.3) is 42.4 Å². The number of aryl methyl sites for hydroxylation is 4. The minimum Gasteiger partial charge on any atom is -0.218 e. The summed E-state index contributed by atoms with van der Waals surface area (Å²) in [5.74, 6) is 1.09. The van der Waals surface area contributed by atoms with Crippen molar-refractivity contribution in [1.82, 2.24) is 0 Å². The van der Waals surface area contributed by atoms with Crippen LogP contribution in [0.5, 0.6) is 0 Å². The third kappa shape index (κ3) is 6.56. The maximum Gasteiger partial charge on any atom is 0.207 e. The van der Waals surface area contributed by atoms with Gasteiger partial charge >= 0.3 is 0 Å². The summed E-state index contributed by atoms with van der Waals surface area (Å²) in [4.78, 5) is 0.830. The lowest BCUT2D eigenvalue weighted by atomic mass is 9.58. The van der Waals surface area contributed by atoms with Gasteiger partial charge < -0.3 is 0 Å². The lowest BCUT2D eigenvalue weighted by Gasteiger charge is -2.47. The SMILES string of the molecule is CSc1sc2cc(C)cc(S(=O)(=O)c3cc(C)cc4sc(SC)c(-c5cc6c(cc5C)C(C)(C)C(C)CC6(C)C)c34)c2c1-c1cc2c(cc1C)C(C)(C)C(C)CC2(C)C. The van der Waals surface area contributed by atoms with Crippen molar-refractivity contribution >= 4 is 76.2 Å². The van der Waals surface area contributed by atoms with Crippen molar-refractivity contribution in [2.24, 2.45) is 11.8 Å². The zero-order valence-electron chi connectivity index (χ0n) is 38.0. The van der Waals surface area contributed by atoms with Gasteiger partial charge in [0.05, 0.1) is 18.2 Å². The van der Waals surface area contributed by atoms with E-state index >= 15 is 8.42 Å². The summed E-state index contributed by atoms with van der Waals surface area (Å²) in [7, 11) is -4.05. The molecule has 2 atom stereocenters. The second-order valence-corrected chi connectivity index (χ2v) is 26.7. The lowest BCUT2D eigenvalue weighted by molar-refractivity contribution is 0.233. The molecule has 0 saturated carbocycles. The van der Waals surface area contributed by atoms with Crippen LogP contribution < -0.4 is 0 Å². The van der Waals surface area contributed by atoms with Crippen LogP contribution in [-0.2, 0) is 31.5 Å². The molecular formula is C52H62O2S5. The van der Waals surface area contributed by atoms with Gasteiger partial charge in [-0.05, 0) is 179 Å². The zero-order valence-corrected chi connectivity index (χ0v) is 42.1. The number of sulfone groups is 1. The standard InChI is InChI=1S/C52H62O2S5/c1-27-17-39-45(43(47(55-15)57-39)33-23-35-37(21-29(33)3)51(11,12)31(5)25-49(35,7)8)41(19-27)59(53,54)42-20-28(2)18-40-46(42)44(48(56-16)58-40)34-24-36-38(22-30(34)4)52(13,14)32(6)26-50(36,9)10/h17-24,31-32H,25-26H2,1-16H3. The molecule has 0 fully saturated rings. The minimum atomic E-state index is -4.05. The minimum absolute atomic E-state index is 0.000883. The molecule has 312 valence electrons. The van der Waals surface area contributed by atoms with Crippen molar-refractivity contribution in [3.05, 3.63) is 93.0 Å². The lowest BCUT2D eigenvalue weighted by Crippen LogP contribution is -2.40. The van der Waals surface area contributed by atoms with Gasteiger partial charge in [0.25, 0.3) is 0 Å². The maximum absolute atomic E-state index is 16.0. The van der Waals surface area contributed by atoms with Gasteiger partial charge in [0.1, 0.15) is 0 Å². The van der Waals surface area contributed by atoms with Gasteiger partial charge in [0.2, 0.25) is 9.84 Å². The average molecular weight is 879 g/mol. The molecule has 0 N–H and O–H groups in total. The molecule has 4 aromatic carbocycles. The summed E-state index contributed by atoms with van der Waals surface area (Å²) < 4.78 is 36.4. The van der Waals surface area contributed by atoms with Crippen LogP contribution in [0, 0.1) is 39.5 Å². The van der Waals surface area contributed by atoms with Crippen LogP contribution in [0.1, 0.15) is 127 Å². The van der Waals surface area contributed by atoms with Crippen molar-refractivity contribution < 1.29 is 8.42 Å². The molecule has 0 saturated heterocycles. The quantitative estimate of drug-likeness (QED) is 0.156. The smallest absolute Gasteiger partial charge is 0.207 e. The molecule has 2 aliphatic carbocycles. The summed E-state index contributed by atoms with van der Waals surface area (Å²) in [5, 5.41) is 1.71. The third-order valence-electron chi connectivity index (χ3n) is 14.9. The van der Waals surface area contributed by atoms with Crippen molar-refractivity contribution in [1.29, 1.82) is 0 Å². The first-order valence-electron chi connectivity index (χ1n) is 21.2. The molecule has 59 heavy (non-hydrogen) atoms. The van der Waals surface area contributed by atoms with Crippen molar-refractivity contribution in [3.63, 3.8) is 0 Å². The fourth-order valence-electron chi connectivity index (χ4n) is 10.9. The molecule has 7 heteroatoms. The Morgan fingerprint density at radius 1 is 0.542 bits per heavy atom. The highest BCUT2D eigenvalue weighted by atomic mass is 32.2. The van der Waals surface area contributed by atoms with Crippen LogP contribution in [-0.4, -0.2) is 20.9 Å². The predicted octanol–water partition coefficient (Wildman–Crippen LogP) is 16.2. The first kappa shape index (κ1) is 43.1. The Hall–Kier alpha value is -2.55. The maximum atomic E-state index is 16.0. The Balaban J connectivity index is 1.43. The van der Waals surface area contributed by atoms with Crippen molar-refractivity contribution in [3.8, 4) is 22.3 Å². The number of hydrogen-bond donors (Lipinski definition) is 0.